The van der Waals surface area contributed by atoms with E-state index in [9.17, 15) is 9.59 Å². The number of hydrogen-bond donors (Lipinski definition) is 1. The smallest absolute Gasteiger partial charge is 0.323 e. The fourth-order valence-electron chi connectivity index (χ4n) is 1.74. The summed E-state index contributed by atoms with van der Waals surface area (Å²) >= 11 is 0. The zero-order valence-electron chi connectivity index (χ0n) is 12.2. The van der Waals surface area contributed by atoms with Gasteiger partial charge in [-0.05, 0) is 33.6 Å². The highest BCUT2D eigenvalue weighted by molar-refractivity contribution is 5.80. The second-order valence-electron chi connectivity index (χ2n) is 5.42. The van der Waals surface area contributed by atoms with Crippen molar-refractivity contribution in [3.8, 4) is 0 Å². The van der Waals surface area contributed by atoms with Gasteiger partial charge in [0, 0.05) is 18.6 Å². The molecule has 106 valence electrons. The lowest BCUT2D eigenvalue weighted by molar-refractivity contribution is -0.138. The van der Waals surface area contributed by atoms with E-state index >= 15 is 0 Å². The monoisotopic (exact) mass is 258 g/mol. The molecule has 0 saturated heterocycles. The van der Waals surface area contributed by atoms with Gasteiger partial charge >= 0.3 is 12.0 Å². The molecule has 0 aliphatic carbocycles. The third kappa shape index (κ3) is 5.38. The average molecular weight is 258 g/mol. The maximum absolute atomic E-state index is 12.4. The van der Waals surface area contributed by atoms with Crippen LogP contribution < -0.4 is 0 Å². The Morgan fingerprint density at radius 1 is 1.06 bits per heavy atom. The lowest BCUT2D eigenvalue weighted by Gasteiger charge is -2.38. The Morgan fingerprint density at radius 2 is 1.50 bits per heavy atom. The number of carboxylic acids is 1. The fraction of sp³-hybridized carbons (Fsp3) is 0.846. The SMILES string of the molecule is CCCN(CCC)C(=O)N(CC(=O)O)C(C)(C)C. The number of hydrogen-bond acceptors (Lipinski definition) is 2. The van der Waals surface area contributed by atoms with E-state index in [1.807, 2.05) is 34.6 Å². The zero-order chi connectivity index (χ0) is 14.3. The summed E-state index contributed by atoms with van der Waals surface area (Å²) in [6, 6.07) is -0.186. The maximum atomic E-state index is 12.4. The van der Waals surface area contributed by atoms with Gasteiger partial charge in [-0.25, -0.2) is 4.79 Å². The molecule has 18 heavy (non-hydrogen) atoms. The summed E-state index contributed by atoms with van der Waals surface area (Å²) in [5, 5.41) is 8.93. The predicted octanol–water partition coefficient (Wildman–Crippen LogP) is 2.41. The normalized spacial score (nSPS) is 11.2. The van der Waals surface area contributed by atoms with Crippen LogP contribution in [0, 0.1) is 0 Å². The van der Waals surface area contributed by atoms with E-state index < -0.39 is 11.5 Å². The minimum Gasteiger partial charge on any atom is -0.480 e. The largest absolute Gasteiger partial charge is 0.480 e. The Bertz CT molecular complexity index is 278. The molecule has 0 unspecified atom stereocenters. The van der Waals surface area contributed by atoms with Gasteiger partial charge in [0.05, 0.1) is 0 Å². The molecule has 0 aliphatic rings. The standard InChI is InChI=1S/C13H26N2O3/c1-6-8-14(9-7-2)12(18)15(10-11(16)17)13(3,4)5/h6-10H2,1-5H3,(H,16,17). The maximum Gasteiger partial charge on any atom is 0.323 e. The molecule has 5 heteroatoms. The van der Waals surface area contributed by atoms with E-state index in [1.165, 1.54) is 4.90 Å². The highest BCUT2D eigenvalue weighted by Gasteiger charge is 2.31. The van der Waals surface area contributed by atoms with Crippen LogP contribution >= 0.6 is 0 Å². The van der Waals surface area contributed by atoms with E-state index in [0.29, 0.717) is 13.1 Å². The van der Waals surface area contributed by atoms with Crippen molar-refractivity contribution in [1.82, 2.24) is 9.80 Å². The van der Waals surface area contributed by atoms with Crippen LogP contribution in [0.4, 0.5) is 4.79 Å². The molecule has 0 bridgehead atoms. The number of aliphatic carboxylic acids is 1. The van der Waals surface area contributed by atoms with Crippen LogP contribution in [-0.4, -0.2) is 52.1 Å². The molecule has 0 fully saturated rings. The number of carbonyl (C=O) groups is 2. The van der Waals surface area contributed by atoms with Gasteiger partial charge < -0.3 is 14.9 Å². The van der Waals surface area contributed by atoms with Crippen molar-refractivity contribution < 1.29 is 14.7 Å². The van der Waals surface area contributed by atoms with Gasteiger partial charge in [0.25, 0.3) is 0 Å². The van der Waals surface area contributed by atoms with Gasteiger partial charge in [-0.1, -0.05) is 13.8 Å². The lowest BCUT2D eigenvalue weighted by atomic mass is 10.1. The quantitative estimate of drug-likeness (QED) is 0.796. The Balaban J connectivity index is 4.96. The number of carbonyl (C=O) groups excluding carboxylic acids is 1. The van der Waals surface area contributed by atoms with E-state index in [0.717, 1.165) is 12.8 Å². The van der Waals surface area contributed by atoms with E-state index in [1.54, 1.807) is 4.90 Å². The molecule has 0 aromatic carbocycles. The first-order valence-corrected chi connectivity index (χ1v) is 6.52. The Morgan fingerprint density at radius 3 is 1.78 bits per heavy atom. The first-order chi connectivity index (χ1) is 8.23. The van der Waals surface area contributed by atoms with Crippen LogP contribution in [0.1, 0.15) is 47.5 Å². The molecule has 2 amide bonds. The molecule has 0 spiro atoms. The first kappa shape index (κ1) is 16.7. The minimum absolute atomic E-state index is 0.186. The van der Waals surface area contributed by atoms with Crippen LogP contribution in [0.25, 0.3) is 0 Å². The molecule has 0 heterocycles. The van der Waals surface area contributed by atoms with Gasteiger partial charge in [-0.15, -0.1) is 0 Å². The zero-order valence-corrected chi connectivity index (χ0v) is 12.2. The second-order valence-corrected chi connectivity index (χ2v) is 5.42. The highest BCUT2D eigenvalue weighted by atomic mass is 16.4. The summed E-state index contributed by atoms with van der Waals surface area (Å²) in [4.78, 5) is 26.4. The summed E-state index contributed by atoms with van der Waals surface area (Å²) in [6.07, 6.45) is 1.74. The molecule has 0 atom stereocenters. The lowest BCUT2D eigenvalue weighted by Crippen LogP contribution is -2.54. The minimum atomic E-state index is -0.980. The summed E-state index contributed by atoms with van der Waals surface area (Å²) in [5.41, 5.74) is -0.491. The number of rotatable bonds is 6. The Labute approximate surface area is 110 Å². The van der Waals surface area contributed by atoms with Crippen LogP contribution in [0.2, 0.25) is 0 Å². The summed E-state index contributed by atoms with van der Waals surface area (Å²) in [6.45, 7) is 10.6. The van der Waals surface area contributed by atoms with Crippen molar-refractivity contribution in [2.45, 2.75) is 53.0 Å². The molecular formula is C13H26N2O3. The molecule has 0 rings (SSSR count). The van der Waals surface area contributed by atoms with Gasteiger partial charge in [0.15, 0.2) is 0 Å². The molecule has 5 nitrogen and oxygen atoms in total. The topological polar surface area (TPSA) is 60.9 Å². The molecule has 1 N–H and O–H groups in total. The second kappa shape index (κ2) is 7.24. The number of nitrogens with zero attached hydrogens (tertiary/aromatic N) is 2. The van der Waals surface area contributed by atoms with Crippen LogP contribution in [-0.2, 0) is 4.79 Å². The van der Waals surface area contributed by atoms with Crippen molar-refractivity contribution in [3.63, 3.8) is 0 Å². The van der Waals surface area contributed by atoms with Crippen LogP contribution in [0.3, 0.4) is 0 Å². The third-order valence-corrected chi connectivity index (χ3v) is 2.59. The molecule has 0 aromatic rings. The van der Waals surface area contributed by atoms with Crippen molar-refractivity contribution in [2.75, 3.05) is 19.6 Å². The number of amides is 2. The van der Waals surface area contributed by atoms with Crippen LogP contribution in [0.5, 0.6) is 0 Å². The summed E-state index contributed by atoms with van der Waals surface area (Å²) in [7, 11) is 0. The van der Waals surface area contributed by atoms with Crippen molar-refractivity contribution >= 4 is 12.0 Å². The molecule has 0 saturated carbocycles. The van der Waals surface area contributed by atoms with E-state index in [2.05, 4.69) is 0 Å². The molecule has 0 radical (unpaired) electrons. The number of carboxylic acid groups (broad SMARTS) is 1. The van der Waals surface area contributed by atoms with Gasteiger partial charge in [0.2, 0.25) is 0 Å². The van der Waals surface area contributed by atoms with Gasteiger partial charge in [-0.3, -0.25) is 4.79 Å². The first-order valence-electron chi connectivity index (χ1n) is 6.52. The van der Waals surface area contributed by atoms with Gasteiger partial charge in [-0.2, -0.15) is 0 Å². The molecular weight excluding hydrogens is 232 g/mol. The third-order valence-electron chi connectivity index (χ3n) is 2.59. The Hall–Kier alpha value is -1.26. The fourth-order valence-corrected chi connectivity index (χ4v) is 1.74. The summed E-state index contributed by atoms with van der Waals surface area (Å²) in [5.74, 6) is -0.980. The highest BCUT2D eigenvalue weighted by Crippen LogP contribution is 2.16. The number of urea groups is 1. The average Bonchev–Trinajstić information content (AvgIpc) is 2.23. The molecule has 0 aromatic heterocycles. The summed E-state index contributed by atoms with van der Waals surface area (Å²) < 4.78 is 0. The predicted molar refractivity (Wildman–Crippen MR) is 71.6 cm³/mol. The van der Waals surface area contributed by atoms with Gasteiger partial charge in [0.1, 0.15) is 6.54 Å². The Kier molecular flexibility index (Phi) is 6.73. The molecule has 0 aliphatic heterocycles. The van der Waals surface area contributed by atoms with Crippen molar-refractivity contribution in [1.29, 1.82) is 0 Å². The van der Waals surface area contributed by atoms with E-state index in [-0.39, 0.29) is 12.6 Å². The van der Waals surface area contributed by atoms with E-state index in [4.69, 9.17) is 5.11 Å². The van der Waals surface area contributed by atoms with Crippen molar-refractivity contribution in [3.05, 3.63) is 0 Å². The van der Waals surface area contributed by atoms with Crippen molar-refractivity contribution in [2.24, 2.45) is 0 Å². The van der Waals surface area contributed by atoms with Crippen LogP contribution in [0.15, 0.2) is 0 Å².